The van der Waals surface area contributed by atoms with E-state index in [9.17, 15) is 5.11 Å². The van der Waals surface area contributed by atoms with Crippen molar-refractivity contribution in [3.63, 3.8) is 0 Å². The van der Waals surface area contributed by atoms with Gasteiger partial charge in [-0.2, -0.15) is 0 Å². The maximum Gasteiger partial charge on any atom is 0.182 e. The molecule has 0 bridgehead atoms. The van der Waals surface area contributed by atoms with E-state index in [1.54, 1.807) is 18.2 Å². The van der Waals surface area contributed by atoms with Crippen LogP contribution in [0.1, 0.15) is 0 Å². The summed E-state index contributed by atoms with van der Waals surface area (Å²) in [4.78, 5) is 4.57. The number of nitrogens with one attached hydrogen (secondary N) is 1. The van der Waals surface area contributed by atoms with Gasteiger partial charge in [-0.05, 0) is 24.3 Å². The average Bonchev–Trinajstić information content (AvgIpc) is 2.92. The van der Waals surface area contributed by atoms with Crippen LogP contribution in [0.15, 0.2) is 53.1 Å². The van der Waals surface area contributed by atoms with Crippen LogP contribution in [0.3, 0.4) is 0 Å². The number of hydrogen-bond acceptors (Lipinski definition) is 6. The SMILES string of the molecule is Nc1noc2c1c(Nc1ccccc1O)nc1ccccc12. The molecule has 6 heteroatoms. The van der Waals surface area contributed by atoms with Gasteiger partial charge in [0.05, 0.1) is 11.2 Å². The summed E-state index contributed by atoms with van der Waals surface area (Å²) in [6, 6.07) is 14.5. The monoisotopic (exact) mass is 292 g/mol. The Morgan fingerprint density at radius 1 is 1.05 bits per heavy atom. The molecule has 2 heterocycles. The van der Waals surface area contributed by atoms with Crippen molar-refractivity contribution in [2.75, 3.05) is 11.1 Å². The van der Waals surface area contributed by atoms with Crippen LogP contribution in [0.25, 0.3) is 21.9 Å². The Labute approximate surface area is 125 Å². The van der Waals surface area contributed by atoms with Gasteiger partial charge in [-0.3, -0.25) is 0 Å². The van der Waals surface area contributed by atoms with Gasteiger partial charge < -0.3 is 20.7 Å². The summed E-state index contributed by atoms with van der Waals surface area (Å²) in [6.45, 7) is 0. The van der Waals surface area contributed by atoms with Gasteiger partial charge in [0.15, 0.2) is 11.4 Å². The van der Waals surface area contributed by atoms with Crippen molar-refractivity contribution >= 4 is 39.2 Å². The maximum absolute atomic E-state index is 9.92. The van der Waals surface area contributed by atoms with Gasteiger partial charge in [-0.25, -0.2) is 4.98 Å². The van der Waals surface area contributed by atoms with Gasteiger partial charge >= 0.3 is 0 Å². The van der Waals surface area contributed by atoms with Gasteiger partial charge in [0.25, 0.3) is 0 Å². The molecular formula is C16H12N4O2. The van der Waals surface area contributed by atoms with Gasteiger partial charge in [0, 0.05) is 5.39 Å². The summed E-state index contributed by atoms with van der Waals surface area (Å²) in [5, 5.41) is 18.3. The number of nitrogen functional groups attached to an aromatic ring is 1. The first-order valence-corrected chi connectivity index (χ1v) is 6.72. The highest BCUT2D eigenvalue weighted by atomic mass is 16.5. The second-order valence-electron chi connectivity index (χ2n) is 4.89. The van der Waals surface area contributed by atoms with E-state index >= 15 is 0 Å². The van der Waals surface area contributed by atoms with Crippen LogP contribution >= 0.6 is 0 Å². The zero-order valence-electron chi connectivity index (χ0n) is 11.4. The number of aromatic hydroxyl groups is 1. The fourth-order valence-corrected chi connectivity index (χ4v) is 2.45. The zero-order valence-corrected chi connectivity index (χ0v) is 11.4. The summed E-state index contributed by atoms with van der Waals surface area (Å²) in [7, 11) is 0. The summed E-state index contributed by atoms with van der Waals surface area (Å²) < 4.78 is 5.35. The molecule has 4 rings (SSSR count). The van der Waals surface area contributed by atoms with Crippen LogP contribution in [-0.2, 0) is 0 Å². The molecule has 2 aromatic carbocycles. The number of nitrogens with two attached hydrogens (primary N) is 1. The van der Waals surface area contributed by atoms with E-state index in [0.717, 1.165) is 10.9 Å². The highest BCUT2D eigenvalue weighted by Crippen LogP contribution is 2.35. The van der Waals surface area contributed by atoms with Crippen molar-refractivity contribution < 1.29 is 9.63 Å². The number of fused-ring (bicyclic) bond motifs is 3. The molecule has 0 spiro atoms. The summed E-state index contributed by atoms with van der Waals surface area (Å²) in [5.41, 5.74) is 7.77. The molecule has 0 aliphatic rings. The number of benzene rings is 2. The molecule has 0 radical (unpaired) electrons. The minimum Gasteiger partial charge on any atom is -0.506 e. The third kappa shape index (κ3) is 1.81. The number of rotatable bonds is 2. The fourth-order valence-electron chi connectivity index (χ4n) is 2.45. The van der Waals surface area contributed by atoms with E-state index in [1.807, 2.05) is 30.3 Å². The lowest BCUT2D eigenvalue weighted by atomic mass is 10.1. The van der Waals surface area contributed by atoms with E-state index in [4.69, 9.17) is 10.3 Å². The van der Waals surface area contributed by atoms with Gasteiger partial charge in [0.2, 0.25) is 0 Å². The number of hydrogen-bond donors (Lipinski definition) is 3. The predicted molar refractivity (Wildman–Crippen MR) is 85.1 cm³/mol. The smallest absolute Gasteiger partial charge is 0.182 e. The molecule has 0 aliphatic heterocycles. The van der Waals surface area contributed by atoms with Gasteiger partial charge in [-0.15, -0.1) is 0 Å². The first-order valence-electron chi connectivity index (χ1n) is 6.72. The molecule has 0 fully saturated rings. The number of aromatic nitrogens is 2. The molecule has 22 heavy (non-hydrogen) atoms. The van der Waals surface area contributed by atoms with Crippen molar-refractivity contribution in [3.05, 3.63) is 48.5 Å². The lowest BCUT2D eigenvalue weighted by Gasteiger charge is -2.09. The largest absolute Gasteiger partial charge is 0.506 e. The molecule has 0 amide bonds. The van der Waals surface area contributed by atoms with E-state index in [2.05, 4.69) is 15.5 Å². The van der Waals surface area contributed by atoms with Crippen molar-refractivity contribution in [2.24, 2.45) is 0 Å². The minimum absolute atomic E-state index is 0.126. The van der Waals surface area contributed by atoms with Crippen LogP contribution in [0.5, 0.6) is 5.75 Å². The Balaban J connectivity index is 1.99. The number of phenols is 1. The Hall–Kier alpha value is -3.28. The zero-order chi connectivity index (χ0) is 15.1. The Kier molecular flexibility index (Phi) is 2.62. The first kappa shape index (κ1) is 12.5. The molecule has 0 saturated carbocycles. The topological polar surface area (TPSA) is 97.2 Å². The summed E-state index contributed by atoms with van der Waals surface area (Å²) in [6.07, 6.45) is 0. The Bertz CT molecular complexity index is 994. The summed E-state index contributed by atoms with van der Waals surface area (Å²) >= 11 is 0. The number of pyridine rings is 1. The number of para-hydroxylation sites is 3. The molecule has 0 saturated heterocycles. The second-order valence-corrected chi connectivity index (χ2v) is 4.89. The van der Waals surface area contributed by atoms with E-state index < -0.39 is 0 Å². The average molecular weight is 292 g/mol. The molecule has 6 nitrogen and oxygen atoms in total. The third-order valence-electron chi connectivity index (χ3n) is 3.49. The van der Waals surface area contributed by atoms with Crippen molar-refractivity contribution in [3.8, 4) is 5.75 Å². The highest BCUT2D eigenvalue weighted by Gasteiger charge is 2.16. The minimum atomic E-state index is 0.126. The van der Waals surface area contributed by atoms with Gasteiger partial charge in [0.1, 0.15) is 17.0 Å². The summed E-state index contributed by atoms with van der Waals surface area (Å²) in [5.74, 6) is 0.876. The molecule has 0 aliphatic carbocycles. The quantitative estimate of drug-likeness (QED) is 0.490. The Morgan fingerprint density at radius 3 is 2.68 bits per heavy atom. The van der Waals surface area contributed by atoms with Crippen molar-refractivity contribution in [2.45, 2.75) is 0 Å². The Morgan fingerprint density at radius 2 is 1.82 bits per heavy atom. The number of anilines is 3. The molecule has 108 valence electrons. The maximum atomic E-state index is 9.92. The molecule has 4 aromatic rings. The van der Waals surface area contributed by atoms with Crippen LogP contribution < -0.4 is 11.1 Å². The van der Waals surface area contributed by atoms with Crippen LogP contribution in [-0.4, -0.2) is 15.2 Å². The lowest BCUT2D eigenvalue weighted by molar-refractivity contribution is 0.462. The molecular weight excluding hydrogens is 280 g/mol. The number of nitrogens with zero attached hydrogens (tertiary/aromatic N) is 2. The van der Waals surface area contributed by atoms with E-state index in [1.165, 1.54) is 0 Å². The third-order valence-corrected chi connectivity index (χ3v) is 3.49. The predicted octanol–water partition coefficient (Wildman–Crippen LogP) is 3.41. The van der Waals surface area contributed by atoms with Crippen LogP contribution in [0, 0.1) is 0 Å². The molecule has 0 unspecified atom stereocenters. The van der Waals surface area contributed by atoms with Crippen LogP contribution in [0.2, 0.25) is 0 Å². The first-order chi connectivity index (χ1) is 10.7. The standard InChI is InChI=1S/C16H12N4O2/c17-15-13-14(22-20-15)9-5-1-2-6-10(9)18-16(13)19-11-7-3-4-8-12(11)21/h1-8,21H,(H2,17,20)(H,18,19). The normalized spacial score (nSPS) is 11.1. The van der Waals surface area contributed by atoms with E-state index in [-0.39, 0.29) is 11.6 Å². The number of phenolic OH excluding ortho intramolecular Hbond substituents is 1. The van der Waals surface area contributed by atoms with Crippen LogP contribution in [0.4, 0.5) is 17.3 Å². The van der Waals surface area contributed by atoms with Crippen molar-refractivity contribution in [1.29, 1.82) is 0 Å². The van der Waals surface area contributed by atoms with Crippen molar-refractivity contribution in [1.82, 2.24) is 10.1 Å². The van der Waals surface area contributed by atoms with Gasteiger partial charge in [-0.1, -0.05) is 29.4 Å². The van der Waals surface area contributed by atoms with E-state index in [0.29, 0.717) is 22.5 Å². The molecule has 4 N–H and O–H groups in total. The lowest BCUT2D eigenvalue weighted by Crippen LogP contribution is -1.97. The molecule has 0 atom stereocenters. The molecule has 2 aromatic heterocycles. The fraction of sp³-hybridized carbons (Fsp3) is 0. The second kappa shape index (κ2) is 4.63. The highest BCUT2D eigenvalue weighted by molar-refractivity contribution is 6.11.